The van der Waals surface area contributed by atoms with E-state index in [-0.39, 0.29) is 18.1 Å². The van der Waals surface area contributed by atoms with Gasteiger partial charge in [0.1, 0.15) is 11.6 Å². The second-order valence-electron chi connectivity index (χ2n) is 5.47. The van der Waals surface area contributed by atoms with Crippen LogP contribution in [0.2, 0.25) is 0 Å². The summed E-state index contributed by atoms with van der Waals surface area (Å²) < 4.78 is 10.5. The number of fused-ring (bicyclic) bond motifs is 1. The smallest absolute Gasteiger partial charge is 0.409 e. The maximum Gasteiger partial charge on any atom is 0.409 e. The number of carbonyl (C=O) groups excluding carboxylic acids is 2. The maximum atomic E-state index is 12.5. The molecule has 2 aromatic rings. The van der Waals surface area contributed by atoms with Gasteiger partial charge in [-0.25, -0.2) is 9.78 Å². The molecule has 1 aromatic carbocycles. The third kappa shape index (κ3) is 2.74. The fourth-order valence-corrected chi connectivity index (χ4v) is 2.43. The average Bonchev–Trinajstić information content (AvgIpc) is 3.14. The van der Waals surface area contributed by atoms with E-state index in [2.05, 4.69) is 4.98 Å². The van der Waals surface area contributed by atoms with Gasteiger partial charge >= 0.3 is 6.09 Å². The van der Waals surface area contributed by atoms with Crippen molar-refractivity contribution in [1.82, 2.24) is 14.8 Å². The van der Waals surface area contributed by atoms with Crippen molar-refractivity contribution in [3.8, 4) is 0 Å². The molecule has 3 rings (SSSR count). The Labute approximate surface area is 127 Å². The Bertz CT molecular complexity index is 710. The Morgan fingerprint density at radius 2 is 2.23 bits per heavy atom. The first-order valence-electron chi connectivity index (χ1n) is 7.05. The third-order valence-corrected chi connectivity index (χ3v) is 3.64. The van der Waals surface area contributed by atoms with Crippen molar-refractivity contribution >= 4 is 23.1 Å². The predicted octanol–water partition coefficient (Wildman–Crippen LogP) is 1.74. The number of likely N-dealkylation sites (tertiary alicyclic amines) is 1. The molecule has 0 aliphatic carbocycles. The van der Waals surface area contributed by atoms with Crippen LogP contribution in [0, 0.1) is 0 Å². The van der Waals surface area contributed by atoms with Crippen LogP contribution < -0.4 is 0 Å². The normalized spacial score (nSPS) is 17.7. The van der Waals surface area contributed by atoms with Crippen molar-refractivity contribution in [3.05, 3.63) is 30.2 Å². The van der Waals surface area contributed by atoms with E-state index in [1.165, 1.54) is 11.3 Å². The molecule has 0 N–H and O–H groups in total. The Kier molecular flexibility index (Phi) is 3.70. The number of amides is 2. The standard InChI is InChI=1S/C15H17N3O4/c1-17(2)15(20)22-11-5-6-18(8-11)14(19)10-3-4-13-12(7-10)16-9-21-13/h3-4,7,9,11H,5-6,8H2,1-2H3. The quantitative estimate of drug-likeness (QED) is 0.844. The Hall–Kier alpha value is -2.57. The minimum Gasteiger partial charge on any atom is -0.444 e. The molecule has 2 heterocycles. The lowest BCUT2D eigenvalue weighted by molar-refractivity contribution is 0.0665. The van der Waals surface area contributed by atoms with Gasteiger partial charge in [0.2, 0.25) is 0 Å². The summed E-state index contributed by atoms with van der Waals surface area (Å²) in [6.07, 6.45) is 1.36. The molecule has 22 heavy (non-hydrogen) atoms. The van der Waals surface area contributed by atoms with Crippen LogP contribution in [0.25, 0.3) is 11.1 Å². The van der Waals surface area contributed by atoms with Crippen LogP contribution >= 0.6 is 0 Å². The molecular formula is C15H17N3O4. The molecule has 7 nitrogen and oxygen atoms in total. The highest BCUT2D eigenvalue weighted by atomic mass is 16.6. The lowest BCUT2D eigenvalue weighted by atomic mass is 10.2. The molecule has 2 amide bonds. The van der Waals surface area contributed by atoms with Gasteiger partial charge in [0.15, 0.2) is 12.0 Å². The molecule has 1 aliphatic heterocycles. The zero-order valence-corrected chi connectivity index (χ0v) is 12.5. The van der Waals surface area contributed by atoms with Crippen molar-refractivity contribution in [3.63, 3.8) is 0 Å². The number of ether oxygens (including phenoxy) is 1. The van der Waals surface area contributed by atoms with Crippen molar-refractivity contribution in [2.24, 2.45) is 0 Å². The molecule has 1 aliphatic rings. The second-order valence-corrected chi connectivity index (χ2v) is 5.47. The van der Waals surface area contributed by atoms with Crippen LogP contribution in [0.1, 0.15) is 16.8 Å². The molecule has 1 fully saturated rings. The molecular weight excluding hydrogens is 286 g/mol. The number of aromatic nitrogens is 1. The van der Waals surface area contributed by atoms with E-state index < -0.39 is 0 Å². The number of oxazole rings is 1. The van der Waals surface area contributed by atoms with E-state index in [0.717, 1.165) is 0 Å². The molecule has 0 spiro atoms. The Morgan fingerprint density at radius 3 is 3.00 bits per heavy atom. The van der Waals surface area contributed by atoms with Crippen LogP contribution in [-0.2, 0) is 4.74 Å². The van der Waals surface area contributed by atoms with Crippen LogP contribution in [-0.4, -0.2) is 60.1 Å². The van der Waals surface area contributed by atoms with E-state index in [1.54, 1.807) is 37.2 Å². The van der Waals surface area contributed by atoms with E-state index in [0.29, 0.717) is 36.2 Å². The second kappa shape index (κ2) is 5.67. The molecule has 0 saturated carbocycles. The molecule has 116 valence electrons. The van der Waals surface area contributed by atoms with Crippen LogP contribution in [0.5, 0.6) is 0 Å². The van der Waals surface area contributed by atoms with E-state index in [1.807, 2.05) is 0 Å². The first-order chi connectivity index (χ1) is 10.5. The highest BCUT2D eigenvalue weighted by molar-refractivity contribution is 5.97. The van der Waals surface area contributed by atoms with Crippen LogP contribution in [0.15, 0.2) is 29.0 Å². The molecule has 7 heteroatoms. The molecule has 0 bridgehead atoms. The largest absolute Gasteiger partial charge is 0.444 e. The van der Waals surface area contributed by atoms with Crippen LogP contribution in [0.3, 0.4) is 0 Å². The van der Waals surface area contributed by atoms with Gasteiger partial charge < -0.3 is 19.0 Å². The zero-order valence-electron chi connectivity index (χ0n) is 12.5. The molecule has 1 unspecified atom stereocenters. The molecule has 1 atom stereocenters. The van der Waals surface area contributed by atoms with Gasteiger partial charge in [0.05, 0.1) is 6.54 Å². The van der Waals surface area contributed by atoms with E-state index >= 15 is 0 Å². The van der Waals surface area contributed by atoms with Crippen LogP contribution in [0.4, 0.5) is 4.79 Å². The number of nitrogens with zero attached hydrogens (tertiary/aromatic N) is 3. The number of hydrogen-bond donors (Lipinski definition) is 0. The average molecular weight is 303 g/mol. The Balaban J connectivity index is 1.67. The SMILES string of the molecule is CN(C)C(=O)OC1CCN(C(=O)c2ccc3ocnc3c2)C1. The number of hydrogen-bond acceptors (Lipinski definition) is 5. The van der Waals surface area contributed by atoms with E-state index in [9.17, 15) is 9.59 Å². The van der Waals surface area contributed by atoms with Gasteiger partial charge in [0.25, 0.3) is 5.91 Å². The summed E-state index contributed by atoms with van der Waals surface area (Å²) in [4.78, 5) is 31.2. The minimum atomic E-state index is -0.386. The highest BCUT2D eigenvalue weighted by Crippen LogP contribution is 2.19. The summed E-state index contributed by atoms with van der Waals surface area (Å²) in [5.41, 5.74) is 1.86. The summed E-state index contributed by atoms with van der Waals surface area (Å²) in [6, 6.07) is 5.16. The summed E-state index contributed by atoms with van der Waals surface area (Å²) in [5, 5.41) is 0. The lowest BCUT2D eigenvalue weighted by Crippen LogP contribution is -2.32. The van der Waals surface area contributed by atoms with Gasteiger partial charge in [-0.1, -0.05) is 0 Å². The summed E-state index contributed by atoms with van der Waals surface area (Å²) >= 11 is 0. The third-order valence-electron chi connectivity index (χ3n) is 3.64. The fourth-order valence-electron chi connectivity index (χ4n) is 2.43. The molecule has 1 saturated heterocycles. The topological polar surface area (TPSA) is 75.9 Å². The van der Waals surface area contributed by atoms with Crippen molar-refractivity contribution in [1.29, 1.82) is 0 Å². The fraction of sp³-hybridized carbons (Fsp3) is 0.400. The van der Waals surface area contributed by atoms with Crippen molar-refractivity contribution in [2.75, 3.05) is 27.2 Å². The van der Waals surface area contributed by atoms with Crippen molar-refractivity contribution < 1.29 is 18.7 Å². The summed E-state index contributed by atoms with van der Waals surface area (Å²) in [5.74, 6) is -0.0895. The Morgan fingerprint density at radius 1 is 1.41 bits per heavy atom. The first-order valence-corrected chi connectivity index (χ1v) is 7.05. The van der Waals surface area contributed by atoms with E-state index in [4.69, 9.17) is 9.15 Å². The number of benzene rings is 1. The van der Waals surface area contributed by atoms with Gasteiger partial charge in [-0.2, -0.15) is 0 Å². The predicted molar refractivity (Wildman–Crippen MR) is 78.5 cm³/mol. The zero-order chi connectivity index (χ0) is 15.7. The summed E-state index contributed by atoms with van der Waals surface area (Å²) in [7, 11) is 3.26. The summed E-state index contributed by atoms with van der Waals surface area (Å²) in [6.45, 7) is 0.982. The van der Waals surface area contributed by atoms with Crippen molar-refractivity contribution in [2.45, 2.75) is 12.5 Å². The van der Waals surface area contributed by atoms with Gasteiger partial charge in [-0.05, 0) is 18.2 Å². The number of rotatable bonds is 2. The monoisotopic (exact) mass is 303 g/mol. The molecule has 0 radical (unpaired) electrons. The number of carbonyl (C=O) groups is 2. The van der Waals surface area contributed by atoms with Gasteiger partial charge in [0, 0.05) is 32.6 Å². The minimum absolute atomic E-state index is 0.0895. The first kappa shape index (κ1) is 14.4. The molecule has 1 aromatic heterocycles. The highest BCUT2D eigenvalue weighted by Gasteiger charge is 2.30. The van der Waals surface area contributed by atoms with Gasteiger partial charge in [-0.3, -0.25) is 4.79 Å². The lowest BCUT2D eigenvalue weighted by Gasteiger charge is -2.18. The maximum absolute atomic E-state index is 12.5. The van der Waals surface area contributed by atoms with Gasteiger partial charge in [-0.15, -0.1) is 0 Å².